The number of carbonyl (C=O) groups excluding carboxylic acids is 1. The number of aryl methyl sites for hydroxylation is 1. The fourth-order valence-electron chi connectivity index (χ4n) is 2.02. The van der Waals surface area contributed by atoms with Crippen LogP contribution in [0, 0.1) is 0 Å². The molecular formula is C16H14N4O. The molecule has 0 aliphatic rings. The Labute approximate surface area is 121 Å². The van der Waals surface area contributed by atoms with Crippen molar-refractivity contribution < 1.29 is 4.79 Å². The maximum Gasteiger partial charge on any atom is 0.289 e. The molecule has 5 nitrogen and oxygen atoms in total. The maximum atomic E-state index is 12.0. The largest absolute Gasteiger partial charge is 0.350 e. The second-order valence-corrected chi connectivity index (χ2v) is 4.63. The molecule has 1 aromatic carbocycles. The van der Waals surface area contributed by atoms with Gasteiger partial charge in [-0.15, -0.1) is 0 Å². The molecule has 2 heterocycles. The molecule has 3 aromatic rings. The molecular weight excluding hydrogens is 264 g/mol. The van der Waals surface area contributed by atoms with Gasteiger partial charge in [0.1, 0.15) is 5.69 Å². The minimum atomic E-state index is -0.328. The molecule has 0 saturated carbocycles. The third-order valence-electron chi connectivity index (χ3n) is 3.18. The summed E-state index contributed by atoms with van der Waals surface area (Å²) in [6.45, 7) is 0. The Morgan fingerprint density at radius 2 is 2.05 bits per heavy atom. The van der Waals surface area contributed by atoms with Crippen LogP contribution in [0.25, 0.3) is 10.9 Å². The van der Waals surface area contributed by atoms with Gasteiger partial charge in [0.25, 0.3) is 5.91 Å². The van der Waals surface area contributed by atoms with Gasteiger partial charge in [-0.3, -0.25) is 4.79 Å². The van der Waals surface area contributed by atoms with Crippen LogP contribution in [0.4, 0.5) is 0 Å². The monoisotopic (exact) mass is 278 g/mol. The normalized spacial score (nSPS) is 11.1. The summed E-state index contributed by atoms with van der Waals surface area (Å²) in [5, 5.41) is 4.95. The molecule has 0 radical (unpaired) electrons. The number of para-hydroxylation sites is 1. The summed E-state index contributed by atoms with van der Waals surface area (Å²) >= 11 is 0. The number of nitrogens with one attached hydrogen (secondary N) is 1. The van der Waals surface area contributed by atoms with E-state index in [2.05, 4.69) is 15.5 Å². The summed E-state index contributed by atoms with van der Waals surface area (Å²) in [5.74, 6) is -0.328. The summed E-state index contributed by atoms with van der Waals surface area (Å²) in [6.07, 6.45) is 3.51. The minimum absolute atomic E-state index is 0.328. The Hall–Kier alpha value is -2.95. The van der Waals surface area contributed by atoms with E-state index in [1.54, 1.807) is 12.3 Å². The Morgan fingerprint density at radius 1 is 1.19 bits per heavy atom. The van der Waals surface area contributed by atoms with Crippen molar-refractivity contribution in [3.63, 3.8) is 0 Å². The zero-order valence-corrected chi connectivity index (χ0v) is 11.5. The molecule has 5 heteroatoms. The molecule has 1 amide bonds. The molecule has 0 unspecified atom stereocenters. The van der Waals surface area contributed by atoms with Crippen LogP contribution < -0.4 is 5.43 Å². The first-order valence-corrected chi connectivity index (χ1v) is 6.54. The molecule has 0 spiro atoms. The molecule has 0 bridgehead atoms. The number of hydrazone groups is 1. The molecule has 2 aromatic heterocycles. The summed E-state index contributed by atoms with van der Waals surface area (Å²) in [6, 6.07) is 15.0. The third-order valence-corrected chi connectivity index (χ3v) is 3.18. The van der Waals surface area contributed by atoms with Crippen LogP contribution in [-0.2, 0) is 7.05 Å². The van der Waals surface area contributed by atoms with Crippen molar-refractivity contribution in [2.75, 3.05) is 0 Å². The van der Waals surface area contributed by atoms with Crippen molar-refractivity contribution in [3.05, 3.63) is 66.1 Å². The number of aromatic nitrogens is 2. The maximum absolute atomic E-state index is 12.0. The highest BCUT2D eigenvalue weighted by atomic mass is 16.2. The van der Waals surface area contributed by atoms with E-state index in [9.17, 15) is 4.79 Å². The summed E-state index contributed by atoms with van der Waals surface area (Å²) < 4.78 is 1.91. The highest BCUT2D eigenvalue weighted by Gasteiger charge is 2.06. The van der Waals surface area contributed by atoms with Crippen LogP contribution in [0.5, 0.6) is 0 Å². The van der Waals surface area contributed by atoms with E-state index < -0.39 is 0 Å². The summed E-state index contributed by atoms with van der Waals surface area (Å²) in [7, 11) is 1.91. The van der Waals surface area contributed by atoms with Gasteiger partial charge in [0.2, 0.25) is 0 Å². The minimum Gasteiger partial charge on any atom is -0.350 e. The highest BCUT2D eigenvalue weighted by Crippen LogP contribution is 2.11. The van der Waals surface area contributed by atoms with E-state index in [-0.39, 0.29) is 5.91 Å². The summed E-state index contributed by atoms with van der Waals surface area (Å²) in [4.78, 5) is 16.3. The van der Waals surface area contributed by atoms with Gasteiger partial charge in [-0.2, -0.15) is 5.10 Å². The number of nitrogens with zero attached hydrogens (tertiary/aromatic N) is 3. The van der Waals surface area contributed by atoms with Gasteiger partial charge < -0.3 is 4.57 Å². The van der Waals surface area contributed by atoms with E-state index in [4.69, 9.17) is 0 Å². The molecule has 0 fully saturated rings. The SMILES string of the molecule is Cn1cccc1/C=N/NC(=O)c1ccc2ccccc2n1. The number of pyridine rings is 1. The van der Waals surface area contributed by atoms with Crippen LogP contribution in [-0.4, -0.2) is 21.7 Å². The van der Waals surface area contributed by atoms with Crippen LogP contribution >= 0.6 is 0 Å². The van der Waals surface area contributed by atoms with E-state index in [0.717, 1.165) is 16.6 Å². The van der Waals surface area contributed by atoms with Crippen LogP contribution in [0.15, 0.2) is 59.8 Å². The van der Waals surface area contributed by atoms with Gasteiger partial charge in [0.05, 0.1) is 17.4 Å². The van der Waals surface area contributed by atoms with Gasteiger partial charge in [-0.1, -0.05) is 24.3 Å². The summed E-state index contributed by atoms with van der Waals surface area (Å²) in [5.41, 5.74) is 4.52. The van der Waals surface area contributed by atoms with E-state index >= 15 is 0 Å². The van der Waals surface area contributed by atoms with Gasteiger partial charge in [-0.05, 0) is 24.3 Å². The first kappa shape index (κ1) is 13.1. The molecule has 0 aliphatic heterocycles. The number of carbonyl (C=O) groups is 1. The van der Waals surface area contributed by atoms with Gasteiger partial charge in [-0.25, -0.2) is 10.4 Å². The Kier molecular flexibility index (Phi) is 3.47. The van der Waals surface area contributed by atoms with Crippen molar-refractivity contribution in [1.29, 1.82) is 0 Å². The van der Waals surface area contributed by atoms with Crippen molar-refractivity contribution in [2.24, 2.45) is 12.1 Å². The Bertz CT molecular complexity index is 820. The second-order valence-electron chi connectivity index (χ2n) is 4.63. The first-order valence-electron chi connectivity index (χ1n) is 6.54. The zero-order valence-electron chi connectivity index (χ0n) is 11.5. The smallest absolute Gasteiger partial charge is 0.289 e. The van der Waals surface area contributed by atoms with E-state index in [0.29, 0.717) is 5.69 Å². The number of benzene rings is 1. The van der Waals surface area contributed by atoms with Gasteiger partial charge in [0.15, 0.2) is 0 Å². The fraction of sp³-hybridized carbons (Fsp3) is 0.0625. The lowest BCUT2D eigenvalue weighted by atomic mass is 10.2. The van der Waals surface area contributed by atoms with Crippen molar-refractivity contribution in [1.82, 2.24) is 15.0 Å². The Balaban J connectivity index is 1.75. The van der Waals surface area contributed by atoms with Crippen molar-refractivity contribution in [2.45, 2.75) is 0 Å². The number of rotatable bonds is 3. The lowest BCUT2D eigenvalue weighted by Gasteiger charge is -2.01. The average molecular weight is 278 g/mol. The molecule has 1 N–H and O–H groups in total. The molecule has 0 saturated heterocycles. The number of fused-ring (bicyclic) bond motifs is 1. The third kappa shape index (κ3) is 2.81. The second kappa shape index (κ2) is 5.58. The first-order chi connectivity index (χ1) is 10.2. The quantitative estimate of drug-likeness (QED) is 0.590. The zero-order chi connectivity index (χ0) is 14.7. The predicted molar refractivity (Wildman–Crippen MR) is 82.2 cm³/mol. The lowest BCUT2D eigenvalue weighted by molar-refractivity contribution is 0.0950. The van der Waals surface area contributed by atoms with Crippen molar-refractivity contribution >= 4 is 23.0 Å². The average Bonchev–Trinajstić information content (AvgIpc) is 2.92. The molecule has 0 aliphatic carbocycles. The fourth-order valence-corrected chi connectivity index (χ4v) is 2.02. The number of hydrogen-bond donors (Lipinski definition) is 1. The molecule has 0 atom stereocenters. The van der Waals surface area contributed by atoms with Gasteiger partial charge in [0, 0.05) is 18.6 Å². The molecule has 21 heavy (non-hydrogen) atoms. The number of hydrogen-bond acceptors (Lipinski definition) is 3. The van der Waals surface area contributed by atoms with Gasteiger partial charge >= 0.3 is 0 Å². The lowest BCUT2D eigenvalue weighted by Crippen LogP contribution is -2.19. The van der Waals surface area contributed by atoms with Crippen LogP contribution in [0.3, 0.4) is 0 Å². The van der Waals surface area contributed by atoms with E-state index in [1.165, 1.54) is 0 Å². The molecule has 3 rings (SSSR count). The highest BCUT2D eigenvalue weighted by molar-refractivity contribution is 5.95. The number of amides is 1. The topological polar surface area (TPSA) is 59.3 Å². The van der Waals surface area contributed by atoms with Crippen LogP contribution in [0.2, 0.25) is 0 Å². The Morgan fingerprint density at radius 3 is 2.86 bits per heavy atom. The molecule has 104 valence electrons. The van der Waals surface area contributed by atoms with Crippen molar-refractivity contribution in [3.8, 4) is 0 Å². The van der Waals surface area contributed by atoms with Crippen LogP contribution in [0.1, 0.15) is 16.2 Å². The van der Waals surface area contributed by atoms with E-state index in [1.807, 2.05) is 60.3 Å². The predicted octanol–water partition coefficient (Wildman–Crippen LogP) is 2.34. The standard InChI is InChI=1S/C16H14N4O/c1-20-10-4-6-13(20)11-17-19-16(21)15-9-8-12-5-2-3-7-14(12)18-15/h2-11H,1H3,(H,19,21)/b17-11+.